The van der Waals surface area contributed by atoms with Crippen molar-refractivity contribution in [3.05, 3.63) is 52.1 Å². The molecule has 4 rings (SSSR count). The highest BCUT2D eigenvalue weighted by atomic mass is 32.1. The molecular formula is C24H30N4O2S2. The van der Waals surface area contributed by atoms with Gasteiger partial charge < -0.3 is 9.64 Å². The summed E-state index contributed by atoms with van der Waals surface area (Å²) in [6, 6.07) is 12.4. The van der Waals surface area contributed by atoms with Crippen molar-refractivity contribution in [2.45, 2.75) is 45.6 Å². The minimum absolute atomic E-state index is 0.204. The van der Waals surface area contributed by atoms with Crippen molar-refractivity contribution in [3.8, 4) is 16.5 Å². The summed E-state index contributed by atoms with van der Waals surface area (Å²) in [5, 5.41) is 9.22. The highest BCUT2D eigenvalue weighted by molar-refractivity contribution is 7.71. The zero-order valence-corrected chi connectivity index (χ0v) is 20.1. The van der Waals surface area contributed by atoms with Crippen LogP contribution in [0, 0.1) is 10.7 Å². The fourth-order valence-electron chi connectivity index (χ4n) is 4.25. The lowest BCUT2D eigenvalue weighted by Crippen LogP contribution is -2.38. The Hall–Kier alpha value is -2.45. The Morgan fingerprint density at radius 1 is 1.25 bits per heavy atom. The normalized spacial score (nSPS) is 14.6. The fourth-order valence-corrected chi connectivity index (χ4v) is 5.19. The Bertz CT molecular complexity index is 1050. The molecule has 0 saturated carbocycles. The van der Waals surface area contributed by atoms with Crippen LogP contribution < -0.4 is 4.74 Å². The number of carbonyl (C=O) groups is 1. The molecule has 0 spiro atoms. The number of nitrogens with zero attached hydrogens (tertiary/aromatic N) is 3. The smallest absolute Gasteiger partial charge is 0.224 e. The highest BCUT2D eigenvalue weighted by Gasteiger charge is 2.23. The monoisotopic (exact) mass is 470 g/mol. The van der Waals surface area contributed by atoms with E-state index in [-0.39, 0.29) is 5.91 Å². The summed E-state index contributed by atoms with van der Waals surface area (Å²) in [4.78, 5) is 15.9. The van der Waals surface area contributed by atoms with Gasteiger partial charge in [0.05, 0.1) is 11.5 Å². The van der Waals surface area contributed by atoms with Crippen LogP contribution in [-0.2, 0) is 17.8 Å². The van der Waals surface area contributed by atoms with Crippen LogP contribution in [0.1, 0.15) is 38.2 Å². The van der Waals surface area contributed by atoms with Gasteiger partial charge in [0.1, 0.15) is 5.75 Å². The molecule has 1 aromatic carbocycles. The first kappa shape index (κ1) is 22.7. The van der Waals surface area contributed by atoms with Gasteiger partial charge in [0.25, 0.3) is 0 Å². The summed E-state index contributed by atoms with van der Waals surface area (Å²) in [6.45, 7) is 4.95. The highest BCUT2D eigenvalue weighted by Crippen LogP contribution is 2.25. The van der Waals surface area contributed by atoms with Gasteiger partial charge in [0, 0.05) is 26.1 Å². The second-order valence-corrected chi connectivity index (χ2v) is 9.51. The van der Waals surface area contributed by atoms with Gasteiger partial charge in [-0.1, -0.05) is 18.2 Å². The number of nitrogens with one attached hydrogen (secondary N) is 1. The molecule has 6 nitrogen and oxygen atoms in total. The predicted octanol–water partition coefficient (Wildman–Crippen LogP) is 5.33. The molecule has 32 heavy (non-hydrogen) atoms. The lowest BCUT2D eigenvalue weighted by Gasteiger charge is -2.32. The Labute approximate surface area is 198 Å². The van der Waals surface area contributed by atoms with Crippen LogP contribution in [0.3, 0.4) is 0 Å². The molecule has 1 saturated heterocycles. The van der Waals surface area contributed by atoms with Gasteiger partial charge >= 0.3 is 0 Å². The van der Waals surface area contributed by atoms with Crippen molar-refractivity contribution >= 4 is 29.5 Å². The maximum absolute atomic E-state index is 12.8. The summed E-state index contributed by atoms with van der Waals surface area (Å²) >= 11 is 7.00. The third kappa shape index (κ3) is 5.66. The van der Waals surface area contributed by atoms with E-state index in [1.54, 1.807) is 11.3 Å². The van der Waals surface area contributed by atoms with Gasteiger partial charge in [-0.25, -0.2) is 0 Å². The van der Waals surface area contributed by atoms with E-state index in [4.69, 9.17) is 17.0 Å². The van der Waals surface area contributed by atoms with Crippen molar-refractivity contribution in [3.63, 3.8) is 0 Å². The minimum atomic E-state index is 0.204. The zero-order valence-electron chi connectivity index (χ0n) is 18.5. The predicted molar refractivity (Wildman–Crippen MR) is 131 cm³/mol. The molecule has 1 aliphatic heterocycles. The lowest BCUT2D eigenvalue weighted by molar-refractivity contribution is -0.132. The molecule has 3 heterocycles. The topological polar surface area (TPSA) is 63.1 Å². The van der Waals surface area contributed by atoms with Gasteiger partial charge in [-0.05, 0) is 79.9 Å². The molecule has 2 aromatic heterocycles. The van der Waals surface area contributed by atoms with E-state index >= 15 is 0 Å². The number of piperidine rings is 1. The molecule has 170 valence electrons. The Kier molecular flexibility index (Phi) is 7.76. The Morgan fingerprint density at radius 2 is 2.03 bits per heavy atom. The first-order valence-electron chi connectivity index (χ1n) is 11.3. The number of aromatic nitrogens is 3. The van der Waals surface area contributed by atoms with Gasteiger partial charge in [-0.3, -0.25) is 14.5 Å². The van der Waals surface area contributed by atoms with E-state index in [9.17, 15) is 4.79 Å². The van der Waals surface area contributed by atoms with Crippen LogP contribution >= 0.6 is 23.6 Å². The SMILES string of the molecule is CCOc1ccc(CCC2CCN(C(=O)CCn3c(-c4cccs4)n[nH]c3=S)CC2)cc1. The number of aryl methyl sites for hydroxylation is 1. The number of hydrogen-bond donors (Lipinski definition) is 1. The number of thiophene rings is 1. The molecule has 0 aliphatic carbocycles. The third-order valence-electron chi connectivity index (χ3n) is 6.09. The zero-order chi connectivity index (χ0) is 22.3. The van der Waals surface area contributed by atoms with E-state index in [2.05, 4.69) is 34.5 Å². The molecule has 1 fully saturated rings. The largest absolute Gasteiger partial charge is 0.494 e. The van der Waals surface area contributed by atoms with Gasteiger partial charge in [0.2, 0.25) is 5.91 Å². The van der Waals surface area contributed by atoms with Gasteiger partial charge in [-0.2, -0.15) is 5.10 Å². The summed E-state index contributed by atoms with van der Waals surface area (Å²) in [7, 11) is 0. The third-order valence-corrected chi connectivity index (χ3v) is 7.27. The Morgan fingerprint density at radius 3 is 2.72 bits per heavy atom. The van der Waals surface area contributed by atoms with Gasteiger partial charge in [-0.15, -0.1) is 11.3 Å². The number of H-pyrrole nitrogens is 1. The molecule has 0 atom stereocenters. The van der Waals surface area contributed by atoms with E-state index in [0.29, 0.717) is 30.3 Å². The molecule has 1 aliphatic rings. The molecular weight excluding hydrogens is 440 g/mol. The van der Waals surface area contributed by atoms with Crippen LogP contribution in [0.25, 0.3) is 10.7 Å². The first-order chi connectivity index (χ1) is 15.6. The summed E-state index contributed by atoms with van der Waals surface area (Å²) in [5.74, 6) is 2.63. The van der Waals surface area contributed by atoms with Crippen molar-refractivity contribution in [1.29, 1.82) is 0 Å². The van der Waals surface area contributed by atoms with E-state index in [1.807, 2.05) is 33.9 Å². The maximum Gasteiger partial charge on any atom is 0.224 e. The van der Waals surface area contributed by atoms with E-state index < -0.39 is 0 Å². The lowest BCUT2D eigenvalue weighted by atomic mass is 9.90. The number of benzene rings is 1. The molecule has 1 N–H and O–H groups in total. The van der Waals surface area contributed by atoms with Crippen LogP contribution in [-0.4, -0.2) is 45.3 Å². The van der Waals surface area contributed by atoms with Crippen LogP contribution in [0.5, 0.6) is 5.75 Å². The summed E-state index contributed by atoms with van der Waals surface area (Å²) < 4.78 is 8.01. The van der Waals surface area contributed by atoms with Crippen LogP contribution in [0.2, 0.25) is 0 Å². The molecule has 0 bridgehead atoms. The first-order valence-corrected chi connectivity index (χ1v) is 12.6. The van der Waals surface area contributed by atoms with Crippen LogP contribution in [0.4, 0.5) is 0 Å². The van der Waals surface area contributed by atoms with E-state index in [0.717, 1.165) is 48.8 Å². The number of hydrogen-bond acceptors (Lipinski definition) is 5. The molecule has 8 heteroatoms. The average molecular weight is 471 g/mol. The number of amides is 1. The summed E-state index contributed by atoms with van der Waals surface area (Å²) in [6.07, 6.45) is 4.85. The number of likely N-dealkylation sites (tertiary alicyclic amines) is 1. The Balaban J connectivity index is 1.22. The minimum Gasteiger partial charge on any atom is -0.494 e. The van der Waals surface area contributed by atoms with E-state index in [1.165, 1.54) is 12.0 Å². The summed E-state index contributed by atoms with van der Waals surface area (Å²) in [5.41, 5.74) is 1.35. The number of aromatic amines is 1. The fraction of sp³-hybridized carbons (Fsp3) is 0.458. The second-order valence-electron chi connectivity index (χ2n) is 8.17. The standard InChI is InChI=1S/C24H30N4O2S2/c1-2-30-20-9-7-18(8-10-20)5-6-19-11-14-27(15-12-19)22(29)13-16-28-23(25-26-24(28)31)21-4-3-17-32-21/h3-4,7-10,17,19H,2,5-6,11-16H2,1H3,(H,26,31). The number of carbonyl (C=O) groups excluding carboxylic acids is 1. The molecule has 0 radical (unpaired) electrons. The number of ether oxygens (including phenoxy) is 1. The molecule has 0 unspecified atom stereocenters. The van der Waals surface area contributed by atoms with Crippen molar-refractivity contribution in [2.75, 3.05) is 19.7 Å². The second kappa shape index (κ2) is 10.9. The molecule has 1 amide bonds. The average Bonchev–Trinajstić information content (AvgIpc) is 3.47. The van der Waals surface area contributed by atoms with Crippen molar-refractivity contribution < 1.29 is 9.53 Å². The van der Waals surface area contributed by atoms with Crippen LogP contribution in [0.15, 0.2) is 41.8 Å². The van der Waals surface area contributed by atoms with Gasteiger partial charge in [0.15, 0.2) is 10.6 Å². The van der Waals surface area contributed by atoms with Crippen molar-refractivity contribution in [1.82, 2.24) is 19.7 Å². The maximum atomic E-state index is 12.8. The van der Waals surface area contributed by atoms with Crippen molar-refractivity contribution in [2.24, 2.45) is 5.92 Å². The number of rotatable bonds is 9. The quantitative estimate of drug-likeness (QED) is 0.430. The molecule has 3 aromatic rings.